The van der Waals surface area contributed by atoms with E-state index < -0.39 is 0 Å². The predicted molar refractivity (Wildman–Crippen MR) is 120 cm³/mol. The highest BCUT2D eigenvalue weighted by molar-refractivity contribution is 5.93. The first-order chi connectivity index (χ1) is 15.1. The summed E-state index contributed by atoms with van der Waals surface area (Å²) in [5.41, 5.74) is 4.02. The standard InChI is InChI=1S/C23H27N7O/c1-15-5-4-6-22(27-15)31-18-9-7-17(8-10-18)30-20-11-21(24-2)25-13-19(20)23(28-30)16-12-26-29(3)14-16/h4-6,11-14,17-18H,7-10H2,1-3H3,(H,24,25). The normalized spacial score (nSPS) is 18.9. The van der Waals surface area contributed by atoms with Gasteiger partial charge in [0.1, 0.15) is 17.6 Å². The lowest BCUT2D eigenvalue weighted by molar-refractivity contribution is 0.125. The molecule has 1 saturated carbocycles. The molecule has 0 spiro atoms. The summed E-state index contributed by atoms with van der Waals surface area (Å²) >= 11 is 0. The van der Waals surface area contributed by atoms with E-state index >= 15 is 0 Å². The fraction of sp³-hybridized carbons (Fsp3) is 0.391. The molecule has 31 heavy (non-hydrogen) atoms. The molecule has 1 N–H and O–H groups in total. The largest absolute Gasteiger partial charge is 0.474 e. The molecule has 8 heteroatoms. The van der Waals surface area contributed by atoms with Crippen LogP contribution in [0.4, 0.5) is 5.82 Å². The molecule has 0 saturated heterocycles. The molecule has 0 bridgehead atoms. The second kappa shape index (κ2) is 8.02. The minimum atomic E-state index is 0.194. The molecule has 0 amide bonds. The Labute approximate surface area is 181 Å². The van der Waals surface area contributed by atoms with Crippen molar-refractivity contribution in [1.29, 1.82) is 0 Å². The van der Waals surface area contributed by atoms with Gasteiger partial charge in [0.15, 0.2) is 0 Å². The number of hydrogen-bond acceptors (Lipinski definition) is 6. The molecular formula is C23H27N7O. The summed E-state index contributed by atoms with van der Waals surface area (Å²) in [4.78, 5) is 9.01. The second-order valence-electron chi connectivity index (χ2n) is 8.20. The summed E-state index contributed by atoms with van der Waals surface area (Å²) < 4.78 is 10.1. The van der Waals surface area contributed by atoms with E-state index in [9.17, 15) is 0 Å². The van der Waals surface area contributed by atoms with Crippen LogP contribution in [0.5, 0.6) is 5.88 Å². The number of nitrogens with zero attached hydrogens (tertiary/aromatic N) is 6. The Kier molecular flexibility index (Phi) is 5.05. The topological polar surface area (TPSA) is 82.7 Å². The van der Waals surface area contributed by atoms with Crippen molar-refractivity contribution in [2.24, 2.45) is 7.05 Å². The van der Waals surface area contributed by atoms with Crippen LogP contribution in [0.15, 0.2) is 42.9 Å². The maximum Gasteiger partial charge on any atom is 0.213 e. The summed E-state index contributed by atoms with van der Waals surface area (Å²) in [6.07, 6.45) is 9.94. The molecular weight excluding hydrogens is 390 g/mol. The molecule has 0 radical (unpaired) electrons. The van der Waals surface area contributed by atoms with E-state index in [2.05, 4.69) is 31.1 Å². The van der Waals surface area contributed by atoms with E-state index in [-0.39, 0.29) is 6.10 Å². The van der Waals surface area contributed by atoms with Gasteiger partial charge in [-0.3, -0.25) is 9.36 Å². The van der Waals surface area contributed by atoms with Gasteiger partial charge >= 0.3 is 0 Å². The van der Waals surface area contributed by atoms with Crippen LogP contribution in [-0.2, 0) is 7.05 Å². The number of aromatic nitrogens is 6. The van der Waals surface area contributed by atoms with Crippen molar-refractivity contribution in [2.75, 3.05) is 12.4 Å². The van der Waals surface area contributed by atoms with Crippen LogP contribution < -0.4 is 10.1 Å². The van der Waals surface area contributed by atoms with Crippen molar-refractivity contribution >= 4 is 16.7 Å². The summed E-state index contributed by atoms with van der Waals surface area (Å²) in [5, 5.41) is 13.6. The van der Waals surface area contributed by atoms with E-state index in [0.717, 1.165) is 65.2 Å². The molecule has 1 fully saturated rings. The fourth-order valence-electron chi connectivity index (χ4n) is 4.37. The third-order valence-electron chi connectivity index (χ3n) is 5.97. The van der Waals surface area contributed by atoms with Crippen molar-refractivity contribution in [2.45, 2.75) is 44.8 Å². The van der Waals surface area contributed by atoms with Crippen molar-refractivity contribution in [3.05, 3.63) is 48.5 Å². The Morgan fingerprint density at radius 1 is 1.13 bits per heavy atom. The van der Waals surface area contributed by atoms with Gasteiger partial charge < -0.3 is 10.1 Å². The van der Waals surface area contributed by atoms with Gasteiger partial charge in [-0.1, -0.05) is 6.07 Å². The Bertz CT molecular complexity index is 1200. The average molecular weight is 418 g/mol. The van der Waals surface area contributed by atoms with Crippen LogP contribution in [0.3, 0.4) is 0 Å². The fourth-order valence-corrected chi connectivity index (χ4v) is 4.37. The molecule has 4 aromatic heterocycles. The van der Waals surface area contributed by atoms with Crippen molar-refractivity contribution in [1.82, 2.24) is 29.5 Å². The molecule has 0 atom stereocenters. The quantitative estimate of drug-likeness (QED) is 0.525. The van der Waals surface area contributed by atoms with Gasteiger partial charge in [0.2, 0.25) is 5.88 Å². The van der Waals surface area contributed by atoms with Crippen LogP contribution in [0, 0.1) is 6.92 Å². The van der Waals surface area contributed by atoms with Gasteiger partial charge in [-0.05, 0) is 38.7 Å². The molecule has 5 rings (SSSR count). The van der Waals surface area contributed by atoms with Gasteiger partial charge in [0.25, 0.3) is 0 Å². The monoisotopic (exact) mass is 417 g/mol. The first-order valence-electron chi connectivity index (χ1n) is 10.8. The summed E-state index contributed by atoms with van der Waals surface area (Å²) in [6, 6.07) is 8.33. The van der Waals surface area contributed by atoms with E-state index in [1.807, 2.05) is 57.8 Å². The molecule has 0 aromatic carbocycles. The highest BCUT2D eigenvalue weighted by Gasteiger charge is 2.27. The third-order valence-corrected chi connectivity index (χ3v) is 5.97. The average Bonchev–Trinajstić information content (AvgIpc) is 3.37. The smallest absolute Gasteiger partial charge is 0.213 e. The lowest BCUT2D eigenvalue weighted by Gasteiger charge is -2.29. The number of anilines is 1. The van der Waals surface area contributed by atoms with Crippen LogP contribution >= 0.6 is 0 Å². The lowest BCUT2D eigenvalue weighted by atomic mass is 9.93. The Morgan fingerprint density at radius 3 is 2.68 bits per heavy atom. The number of pyridine rings is 2. The zero-order valence-corrected chi connectivity index (χ0v) is 18.1. The third kappa shape index (κ3) is 3.85. The Hall–Kier alpha value is -3.42. The maximum absolute atomic E-state index is 6.15. The molecule has 0 aliphatic heterocycles. The molecule has 4 heterocycles. The van der Waals surface area contributed by atoms with E-state index in [0.29, 0.717) is 6.04 Å². The molecule has 1 aliphatic rings. The number of rotatable bonds is 5. The van der Waals surface area contributed by atoms with Gasteiger partial charge in [-0.25, -0.2) is 9.97 Å². The van der Waals surface area contributed by atoms with Crippen LogP contribution in [0.2, 0.25) is 0 Å². The number of hydrogen-bond donors (Lipinski definition) is 1. The zero-order chi connectivity index (χ0) is 21.4. The van der Waals surface area contributed by atoms with Crippen LogP contribution in [0.1, 0.15) is 37.4 Å². The summed E-state index contributed by atoms with van der Waals surface area (Å²) in [5.74, 6) is 1.56. The number of fused-ring (bicyclic) bond motifs is 1. The minimum absolute atomic E-state index is 0.194. The van der Waals surface area contributed by atoms with E-state index in [4.69, 9.17) is 9.84 Å². The van der Waals surface area contributed by atoms with Gasteiger partial charge in [-0.15, -0.1) is 0 Å². The highest BCUT2D eigenvalue weighted by atomic mass is 16.5. The summed E-state index contributed by atoms with van der Waals surface area (Å²) in [6.45, 7) is 1.99. The van der Waals surface area contributed by atoms with Crippen molar-refractivity contribution < 1.29 is 4.74 Å². The van der Waals surface area contributed by atoms with Gasteiger partial charge in [0.05, 0.1) is 17.8 Å². The predicted octanol–water partition coefficient (Wildman–Crippen LogP) is 4.14. The first kappa shape index (κ1) is 19.5. The van der Waals surface area contributed by atoms with E-state index in [1.165, 1.54) is 0 Å². The van der Waals surface area contributed by atoms with Crippen LogP contribution in [0.25, 0.3) is 22.2 Å². The Balaban J connectivity index is 1.41. The lowest BCUT2D eigenvalue weighted by Crippen LogP contribution is -2.26. The number of ether oxygens (including phenoxy) is 1. The molecule has 1 aliphatic carbocycles. The number of aryl methyl sites for hydroxylation is 2. The van der Waals surface area contributed by atoms with Crippen molar-refractivity contribution in [3.63, 3.8) is 0 Å². The Morgan fingerprint density at radius 2 is 1.97 bits per heavy atom. The SMILES string of the molecule is CNc1cc2c(cn1)c(-c1cnn(C)c1)nn2C1CCC(Oc2cccc(C)n2)CC1. The molecule has 0 unspecified atom stereocenters. The first-order valence-corrected chi connectivity index (χ1v) is 10.8. The van der Waals surface area contributed by atoms with E-state index in [1.54, 1.807) is 4.68 Å². The highest BCUT2D eigenvalue weighted by Crippen LogP contribution is 2.36. The van der Waals surface area contributed by atoms with Crippen molar-refractivity contribution in [3.8, 4) is 17.1 Å². The molecule has 160 valence electrons. The minimum Gasteiger partial charge on any atom is -0.474 e. The van der Waals surface area contributed by atoms with Gasteiger partial charge in [-0.2, -0.15) is 10.2 Å². The summed E-state index contributed by atoms with van der Waals surface area (Å²) in [7, 11) is 3.81. The number of nitrogens with one attached hydrogen (secondary N) is 1. The second-order valence-corrected chi connectivity index (χ2v) is 8.20. The molecule has 8 nitrogen and oxygen atoms in total. The maximum atomic E-state index is 6.15. The molecule has 4 aromatic rings. The van der Waals surface area contributed by atoms with Crippen LogP contribution in [-0.4, -0.2) is 42.7 Å². The van der Waals surface area contributed by atoms with Gasteiger partial charge in [0, 0.05) is 55.3 Å². The zero-order valence-electron chi connectivity index (χ0n) is 18.1.